The summed E-state index contributed by atoms with van der Waals surface area (Å²) >= 11 is 1.48. The average Bonchev–Trinajstić information content (AvgIpc) is 2.91. The first-order valence-electron chi connectivity index (χ1n) is 6.19. The highest BCUT2D eigenvalue weighted by molar-refractivity contribution is 7.10. The van der Waals surface area contributed by atoms with Crippen LogP contribution in [0.4, 0.5) is 0 Å². The number of hydrogen-bond donors (Lipinski definition) is 1. The molecule has 2 rings (SSSR count). The van der Waals surface area contributed by atoms with Gasteiger partial charge in [-0.3, -0.25) is 4.79 Å². The van der Waals surface area contributed by atoms with Crippen molar-refractivity contribution in [3.8, 4) is 5.75 Å². The SMILES string of the molecule is CCOc1ccccc1CC(C(=O)O)c1cccs1. The highest BCUT2D eigenvalue weighted by Gasteiger charge is 2.22. The number of para-hydroxylation sites is 1. The zero-order valence-corrected chi connectivity index (χ0v) is 11.5. The van der Waals surface area contributed by atoms with Crippen molar-refractivity contribution in [1.29, 1.82) is 0 Å². The molecule has 4 heteroatoms. The van der Waals surface area contributed by atoms with Gasteiger partial charge in [0.05, 0.1) is 12.5 Å². The normalized spacial score (nSPS) is 12.1. The van der Waals surface area contributed by atoms with Gasteiger partial charge < -0.3 is 9.84 Å². The van der Waals surface area contributed by atoms with Crippen LogP contribution in [0.5, 0.6) is 5.75 Å². The molecule has 100 valence electrons. The van der Waals surface area contributed by atoms with Gasteiger partial charge in [0, 0.05) is 4.88 Å². The molecule has 0 saturated carbocycles. The second-order valence-electron chi connectivity index (χ2n) is 4.15. The number of rotatable bonds is 6. The highest BCUT2D eigenvalue weighted by Crippen LogP contribution is 2.29. The van der Waals surface area contributed by atoms with E-state index in [9.17, 15) is 9.90 Å². The Balaban J connectivity index is 2.25. The van der Waals surface area contributed by atoms with Crippen LogP contribution in [0.15, 0.2) is 41.8 Å². The second kappa shape index (κ2) is 6.38. The fourth-order valence-electron chi connectivity index (χ4n) is 1.99. The van der Waals surface area contributed by atoms with Crippen molar-refractivity contribution in [2.45, 2.75) is 19.3 Å². The third kappa shape index (κ3) is 3.35. The van der Waals surface area contributed by atoms with Gasteiger partial charge in [-0.1, -0.05) is 24.3 Å². The summed E-state index contributed by atoms with van der Waals surface area (Å²) in [6.45, 7) is 2.50. The van der Waals surface area contributed by atoms with Gasteiger partial charge >= 0.3 is 5.97 Å². The summed E-state index contributed by atoms with van der Waals surface area (Å²) < 4.78 is 5.55. The molecule has 0 aliphatic rings. The van der Waals surface area contributed by atoms with Gasteiger partial charge in [0.2, 0.25) is 0 Å². The highest BCUT2D eigenvalue weighted by atomic mass is 32.1. The lowest BCUT2D eigenvalue weighted by Crippen LogP contribution is -2.13. The summed E-state index contributed by atoms with van der Waals surface area (Å²) in [5.41, 5.74) is 0.935. The first-order valence-corrected chi connectivity index (χ1v) is 7.07. The summed E-state index contributed by atoms with van der Waals surface area (Å²) in [6.07, 6.45) is 0.450. The molecule has 1 aromatic carbocycles. The zero-order valence-electron chi connectivity index (χ0n) is 10.7. The molecule has 19 heavy (non-hydrogen) atoms. The van der Waals surface area contributed by atoms with Crippen molar-refractivity contribution in [2.75, 3.05) is 6.61 Å². The van der Waals surface area contributed by atoms with Crippen molar-refractivity contribution in [3.63, 3.8) is 0 Å². The Hall–Kier alpha value is -1.81. The Kier molecular flexibility index (Phi) is 4.58. The van der Waals surface area contributed by atoms with Gasteiger partial charge in [-0.05, 0) is 36.4 Å². The molecular weight excluding hydrogens is 260 g/mol. The van der Waals surface area contributed by atoms with E-state index in [1.165, 1.54) is 11.3 Å². The largest absolute Gasteiger partial charge is 0.494 e. The smallest absolute Gasteiger partial charge is 0.312 e. The van der Waals surface area contributed by atoms with Crippen LogP contribution in [0.25, 0.3) is 0 Å². The van der Waals surface area contributed by atoms with Crippen molar-refractivity contribution in [3.05, 3.63) is 52.2 Å². The molecule has 0 radical (unpaired) electrons. The van der Waals surface area contributed by atoms with Crippen molar-refractivity contribution in [1.82, 2.24) is 0 Å². The van der Waals surface area contributed by atoms with Crippen LogP contribution >= 0.6 is 11.3 Å². The van der Waals surface area contributed by atoms with E-state index in [1.54, 1.807) is 0 Å². The minimum atomic E-state index is -0.797. The van der Waals surface area contributed by atoms with E-state index < -0.39 is 11.9 Å². The molecule has 0 fully saturated rings. The number of benzene rings is 1. The molecular formula is C15H16O3S. The first kappa shape index (κ1) is 13.6. The molecule has 1 unspecified atom stereocenters. The Morgan fingerprint density at radius 1 is 1.32 bits per heavy atom. The van der Waals surface area contributed by atoms with Gasteiger partial charge in [-0.2, -0.15) is 0 Å². The summed E-state index contributed by atoms with van der Waals surface area (Å²) in [5, 5.41) is 11.3. The van der Waals surface area contributed by atoms with Crippen LogP contribution in [-0.4, -0.2) is 17.7 Å². The number of carbonyl (C=O) groups is 1. The molecule has 3 nitrogen and oxygen atoms in total. The van der Waals surface area contributed by atoms with E-state index in [4.69, 9.17) is 4.74 Å². The molecule has 1 atom stereocenters. The van der Waals surface area contributed by atoms with E-state index in [1.807, 2.05) is 48.7 Å². The van der Waals surface area contributed by atoms with Gasteiger partial charge in [0.25, 0.3) is 0 Å². The number of carboxylic acid groups (broad SMARTS) is 1. The maximum absolute atomic E-state index is 11.4. The van der Waals surface area contributed by atoms with Gasteiger partial charge in [0.15, 0.2) is 0 Å². The van der Waals surface area contributed by atoms with Gasteiger partial charge in [-0.25, -0.2) is 0 Å². The van der Waals surface area contributed by atoms with Crippen LogP contribution in [0, 0.1) is 0 Å². The van der Waals surface area contributed by atoms with Crippen LogP contribution < -0.4 is 4.74 Å². The van der Waals surface area contributed by atoms with Crippen molar-refractivity contribution in [2.24, 2.45) is 0 Å². The quantitative estimate of drug-likeness (QED) is 0.877. The Labute approximate surface area is 116 Å². The lowest BCUT2D eigenvalue weighted by Gasteiger charge is -2.14. The third-order valence-electron chi connectivity index (χ3n) is 2.88. The zero-order chi connectivity index (χ0) is 13.7. The first-order chi connectivity index (χ1) is 9.22. The molecule has 1 N–H and O–H groups in total. The second-order valence-corrected chi connectivity index (χ2v) is 5.13. The molecule has 0 amide bonds. The van der Waals surface area contributed by atoms with E-state index in [0.717, 1.165) is 16.2 Å². The summed E-state index contributed by atoms with van der Waals surface area (Å²) in [4.78, 5) is 12.3. The summed E-state index contributed by atoms with van der Waals surface area (Å²) in [6, 6.07) is 11.4. The fourth-order valence-corrected chi connectivity index (χ4v) is 2.81. The molecule has 0 spiro atoms. The number of ether oxygens (including phenoxy) is 1. The molecule has 0 aliphatic heterocycles. The van der Waals surface area contributed by atoms with Crippen molar-refractivity contribution < 1.29 is 14.6 Å². The fraction of sp³-hybridized carbons (Fsp3) is 0.267. The van der Waals surface area contributed by atoms with Crippen LogP contribution in [0.1, 0.15) is 23.3 Å². The standard InChI is InChI=1S/C15H16O3S/c1-2-18-13-7-4-3-6-11(13)10-12(15(16)17)14-8-5-9-19-14/h3-9,12H,2,10H2,1H3,(H,16,17). The average molecular weight is 276 g/mol. The number of hydrogen-bond acceptors (Lipinski definition) is 3. The van der Waals surface area contributed by atoms with Gasteiger partial charge in [0.1, 0.15) is 5.75 Å². The molecule has 1 aromatic heterocycles. The van der Waals surface area contributed by atoms with E-state index >= 15 is 0 Å². The summed E-state index contributed by atoms with van der Waals surface area (Å²) in [7, 11) is 0. The number of thiophene rings is 1. The van der Waals surface area contributed by atoms with E-state index in [0.29, 0.717) is 13.0 Å². The Morgan fingerprint density at radius 3 is 2.74 bits per heavy atom. The molecule has 0 saturated heterocycles. The molecule has 2 aromatic rings. The van der Waals surface area contributed by atoms with Crippen molar-refractivity contribution >= 4 is 17.3 Å². The third-order valence-corrected chi connectivity index (χ3v) is 3.87. The minimum absolute atomic E-state index is 0.450. The predicted molar refractivity (Wildman–Crippen MR) is 76.0 cm³/mol. The van der Waals surface area contributed by atoms with Gasteiger partial charge in [-0.15, -0.1) is 11.3 Å². The predicted octanol–water partition coefficient (Wildman–Crippen LogP) is 3.56. The lowest BCUT2D eigenvalue weighted by atomic mass is 9.97. The number of carboxylic acids is 1. The molecule has 1 heterocycles. The summed E-state index contributed by atoms with van der Waals surface area (Å²) in [5.74, 6) is -0.539. The van der Waals surface area contributed by atoms with E-state index in [-0.39, 0.29) is 0 Å². The van der Waals surface area contributed by atoms with Crippen LogP contribution in [0.2, 0.25) is 0 Å². The number of aliphatic carboxylic acids is 1. The topological polar surface area (TPSA) is 46.5 Å². The van der Waals surface area contributed by atoms with Crippen LogP contribution in [-0.2, 0) is 11.2 Å². The van der Waals surface area contributed by atoms with E-state index in [2.05, 4.69) is 0 Å². The minimum Gasteiger partial charge on any atom is -0.494 e. The lowest BCUT2D eigenvalue weighted by molar-refractivity contribution is -0.138. The maximum Gasteiger partial charge on any atom is 0.312 e. The maximum atomic E-state index is 11.4. The molecule has 0 aliphatic carbocycles. The monoisotopic (exact) mass is 276 g/mol. The van der Waals surface area contributed by atoms with Crippen LogP contribution in [0.3, 0.4) is 0 Å². The Bertz CT molecular complexity index is 534. The molecule has 0 bridgehead atoms. The Morgan fingerprint density at radius 2 is 2.11 bits per heavy atom.